The molecule has 1 saturated heterocycles. The molecule has 0 aromatic rings. The van der Waals surface area contributed by atoms with Crippen molar-refractivity contribution in [2.75, 3.05) is 0 Å². The first-order chi connectivity index (χ1) is 8.27. The zero-order valence-electron chi connectivity index (χ0n) is 11.6. The highest BCUT2D eigenvalue weighted by Crippen LogP contribution is 2.24. The SMILES string of the molecule is CC1CCCC(C)N1N=C1CCCCCCC1. The lowest BCUT2D eigenvalue weighted by Crippen LogP contribution is -2.40. The average molecular weight is 236 g/mol. The first-order valence-corrected chi connectivity index (χ1v) is 7.62. The molecule has 17 heavy (non-hydrogen) atoms. The number of rotatable bonds is 1. The van der Waals surface area contributed by atoms with Crippen LogP contribution in [0.15, 0.2) is 5.10 Å². The summed E-state index contributed by atoms with van der Waals surface area (Å²) in [6, 6.07) is 1.30. The number of hydrazone groups is 1. The second kappa shape index (κ2) is 6.42. The first-order valence-electron chi connectivity index (χ1n) is 7.62. The Bertz CT molecular complexity index is 240. The average Bonchev–Trinajstić information content (AvgIpc) is 2.26. The van der Waals surface area contributed by atoms with Gasteiger partial charge in [0.1, 0.15) is 0 Å². The maximum Gasteiger partial charge on any atom is 0.0445 e. The van der Waals surface area contributed by atoms with Crippen LogP contribution in [0.4, 0.5) is 0 Å². The molecule has 98 valence electrons. The second-order valence-corrected chi connectivity index (χ2v) is 5.94. The number of hydrogen-bond acceptors (Lipinski definition) is 2. The van der Waals surface area contributed by atoms with Gasteiger partial charge in [0.15, 0.2) is 0 Å². The summed E-state index contributed by atoms with van der Waals surface area (Å²) in [6.07, 6.45) is 13.5. The fourth-order valence-corrected chi connectivity index (χ4v) is 3.18. The van der Waals surface area contributed by atoms with E-state index in [2.05, 4.69) is 18.9 Å². The van der Waals surface area contributed by atoms with Crippen LogP contribution in [0, 0.1) is 0 Å². The monoisotopic (exact) mass is 236 g/mol. The fraction of sp³-hybridized carbons (Fsp3) is 0.933. The van der Waals surface area contributed by atoms with Crippen molar-refractivity contribution in [1.29, 1.82) is 0 Å². The van der Waals surface area contributed by atoms with Crippen LogP contribution in [-0.4, -0.2) is 22.8 Å². The molecule has 2 nitrogen and oxygen atoms in total. The molecule has 1 saturated carbocycles. The van der Waals surface area contributed by atoms with E-state index in [4.69, 9.17) is 5.10 Å². The molecule has 2 atom stereocenters. The van der Waals surface area contributed by atoms with E-state index >= 15 is 0 Å². The molecular weight excluding hydrogens is 208 g/mol. The summed E-state index contributed by atoms with van der Waals surface area (Å²) in [5, 5.41) is 7.41. The Hall–Kier alpha value is -0.530. The molecule has 0 amide bonds. The molecule has 0 spiro atoms. The predicted molar refractivity (Wildman–Crippen MR) is 74.4 cm³/mol. The van der Waals surface area contributed by atoms with Crippen molar-refractivity contribution in [3.8, 4) is 0 Å². The summed E-state index contributed by atoms with van der Waals surface area (Å²) < 4.78 is 0. The van der Waals surface area contributed by atoms with Crippen molar-refractivity contribution < 1.29 is 0 Å². The minimum Gasteiger partial charge on any atom is -0.292 e. The Morgan fingerprint density at radius 3 is 1.94 bits per heavy atom. The molecule has 0 N–H and O–H groups in total. The Balaban J connectivity index is 1.98. The van der Waals surface area contributed by atoms with E-state index in [1.165, 1.54) is 69.9 Å². The number of hydrogen-bond donors (Lipinski definition) is 0. The topological polar surface area (TPSA) is 15.6 Å². The van der Waals surface area contributed by atoms with Crippen molar-refractivity contribution in [2.45, 2.75) is 90.1 Å². The Kier molecular flexibility index (Phi) is 4.87. The summed E-state index contributed by atoms with van der Waals surface area (Å²) >= 11 is 0. The molecule has 1 aliphatic heterocycles. The molecule has 0 bridgehead atoms. The van der Waals surface area contributed by atoms with Crippen LogP contribution in [0.25, 0.3) is 0 Å². The third-order valence-electron chi connectivity index (χ3n) is 4.33. The van der Waals surface area contributed by atoms with Crippen molar-refractivity contribution >= 4 is 5.71 Å². The van der Waals surface area contributed by atoms with E-state index in [0.717, 1.165) is 0 Å². The van der Waals surface area contributed by atoms with Gasteiger partial charge in [0, 0.05) is 17.8 Å². The zero-order valence-corrected chi connectivity index (χ0v) is 11.6. The highest BCUT2D eigenvalue weighted by molar-refractivity contribution is 5.84. The Labute approximate surface area is 106 Å². The molecular formula is C15H28N2. The minimum absolute atomic E-state index is 0.650. The van der Waals surface area contributed by atoms with Crippen LogP contribution in [0.3, 0.4) is 0 Å². The van der Waals surface area contributed by atoms with Gasteiger partial charge in [-0.2, -0.15) is 5.10 Å². The predicted octanol–water partition coefficient (Wildman–Crippen LogP) is 4.35. The minimum atomic E-state index is 0.650. The van der Waals surface area contributed by atoms with Gasteiger partial charge in [0.05, 0.1) is 0 Å². The lowest BCUT2D eigenvalue weighted by atomic mass is 9.98. The van der Waals surface area contributed by atoms with Crippen LogP contribution in [-0.2, 0) is 0 Å². The van der Waals surface area contributed by atoms with Crippen molar-refractivity contribution in [2.24, 2.45) is 5.10 Å². The van der Waals surface area contributed by atoms with Crippen LogP contribution < -0.4 is 0 Å². The Morgan fingerprint density at radius 1 is 0.824 bits per heavy atom. The van der Waals surface area contributed by atoms with Crippen molar-refractivity contribution in [3.05, 3.63) is 0 Å². The van der Waals surface area contributed by atoms with Gasteiger partial charge in [-0.05, 0) is 58.8 Å². The van der Waals surface area contributed by atoms with E-state index in [1.807, 2.05) is 0 Å². The summed E-state index contributed by atoms with van der Waals surface area (Å²) in [5.41, 5.74) is 1.48. The van der Waals surface area contributed by atoms with Gasteiger partial charge in [-0.25, -0.2) is 0 Å². The summed E-state index contributed by atoms with van der Waals surface area (Å²) in [4.78, 5) is 0. The third-order valence-corrected chi connectivity index (χ3v) is 4.33. The van der Waals surface area contributed by atoms with Gasteiger partial charge in [0.2, 0.25) is 0 Å². The first kappa shape index (κ1) is 12.9. The molecule has 1 heterocycles. The lowest BCUT2D eigenvalue weighted by molar-refractivity contribution is 0.108. The highest BCUT2D eigenvalue weighted by Gasteiger charge is 2.23. The molecule has 1 aliphatic carbocycles. The molecule has 0 radical (unpaired) electrons. The number of nitrogens with zero attached hydrogens (tertiary/aromatic N) is 2. The normalized spacial score (nSPS) is 31.9. The lowest BCUT2D eigenvalue weighted by Gasteiger charge is -2.37. The van der Waals surface area contributed by atoms with Crippen molar-refractivity contribution in [1.82, 2.24) is 5.01 Å². The molecule has 2 fully saturated rings. The van der Waals surface area contributed by atoms with E-state index in [0.29, 0.717) is 12.1 Å². The maximum atomic E-state index is 5.01. The molecule has 0 aromatic heterocycles. The summed E-state index contributed by atoms with van der Waals surface area (Å²) in [6.45, 7) is 4.67. The highest BCUT2D eigenvalue weighted by atomic mass is 15.5. The van der Waals surface area contributed by atoms with E-state index in [1.54, 1.807) is 0 Å². The fourth-order valence-electron chi connectivity index (χ4n) is 3.18. The molecule has 2 rings (SSSR count). The van der Waals surface area contributed by atoms with E-state index < -0.39 is 0 Å². The van der Waals surface area contributed by atoms with Crippen molar-refractivity contribution in [3.63, 3.8) is 0 Å². The largest absolute Gasteiger partial charge is 0.292 e. The van der Waals surface area contributed by atoms with Crippen LogP contribution in [0.5, 0.6) is 0 Å². The molecule has 2 heteroatoms. The van der Waals surface area contributed by atoms with E-state index in [-0.39, 0.29) is 0 Å². The quantitative estimate of drug-likeness (QED) is 0.661. The zero-order chi connectivity index (χ0) is 12.1. The molecule has 2 unspecified atom stereocenters. The van der Waals surface area contributed by atoms with Crippen LogP contribution in [0.1, 0.15) is 78.1 Å². The van der Waals surface area contributed by atoms with Gasteiger partial charge < -0.3 is 0 Å². The maximum absolute atomic E-state index is 5.01. The van der Waals surface area contributed by atoms with Gasteiger partial charge in [-0.1, -0.05) is 19.3 Å². The standard InChI is InChI=1S/C15H28N2/c1-13-9-8-10-14(2)17(13)16-15-11-6-4-3-5-7-12-15/h13-14H,3-12H2,1-2H3. The Morgan fingerprint density at radius 2 is 1.35 bits per heavy atom. The van der Waals surface area contributed by atoms with Gasteiger partial charge in [-0.15, -0.1) is 0 Å². The summed E-state index contributed by atoms with van der Waals surface area (Å²) in [5.74, 6) is 0. The van der Waals surface area contributed by atoms with Crippen LogP contribution in [0.2, 0.25) is 0 Å². The smallest absolute Gasteiger partial charge is 0.0445 e. The molecule has 0 aromatic carbocycles. The van der Waals surface area contributed by atoms with Crippen LogP contribution >= 0.6 is 0 Å². The van der Waals surface area contributed by atoms with Gasteiger partial charge >= 0.3 is 0 Å². The third kappa shape index (κ3) is 3.72. The molecule has 2 aliphatic rings. The van der Waals surface area contributed by atoms with Gasteiger partial charge in [-0.3, -0.25) is 5.01 Å². The second-order valence-electron chi connectivity index (χ2n) is 5.94. The summed E-state index contributed by atoms with van der Waals surface area (Å²) in [7, 11) is 0. The van der Waals surface area contributed by atoms with E-state index in [9.17, 15) is 0 Å². The van der Waals surface area contributed by atoms with Gasteiger partial charge in [0.25, 0.3) is 0 Å². The number of piperidine rings is 1.